The van der Waals surface area contributed by atoms with Crippen LogP contribution in [0.5, 0.6) is 0 Å². The van der Waals surface area contributed by atoms with Gasteiger partial charge < -0.3 is 11.1 Å². The fraction of sp³-hybridized carbons (Fsp3) is 0.632. The first-order chi connectivity index (χ1) is 11.1. The number of nitrogens with one attached hydrogen (secondary N) is 1. The Kier molecular flexibility index (Phi) is 5.34. The minimum Gasteiger partial charge on any atom is -0.353 e. The van der Waals surface area contributed by atoms with Crippen LogP contribution in [-0.2, 0) is 11.3 Å². The third-order valence-electron chi connectivity index (χ3n) is 5.50. The van der Waals surface area contributed by atoms with E-state index in [-0.39, 0.29) is 17.9 Å². The second-order valence-corrected chi connectivity index (χ2v) is 7.19. The predicted octanol–water partition coefficient (Wildman–Crippen LogP) is 2.20. The minimum absolute atomic E-state index is 0.0417. The SMILES string of the molecule is Cc1ccccc1CN1CCC(NC(=O)[C@@H]2CCC[C@@H]2N)CC1. The summed E-state index contributed by atoms with van der Waals surface area (Å²) in [6, 6.07) is 8.98. The number of carbonyl (C=O) groups is 1. The lowest BCUT2D eigenvalue weighted by Crippen LogP contribution is -2.48. The first-order valence-electron chi connectivity index (χ1n) is 8.96. The molecule has 0 spiro atoms. The molecule has 4 heteroatoms. The number of piperidine rings is 1. The van der Waals surface area contributed by atoms with E-state index in [2.05, 4.69) is 41.4 Å². The number of nitrogens with two attached hydrogens (primary N) is 1. The lowest BCUT2D eigenvalue weighted by atomic mass is 9.99. The van der Waals surface area contributed by atoms with Gasteiger partial charge in [0.2, 0.25) is 5.91 Å². The molecule has 2 fully saturated rings. The highest BCUT2D eigenvalue weighted by molar-refractivity contribution is 5.80. The largest absolute Gasteiger partial charge is 0.353 e. The summed E-state index contributed by atoms with van der Waals surface area (Å²) in [5, 5.41) is 3.24. The molecular formula is C19H29N3O. The van der Waals surface area contributed by atoms with E-state index in [0.717, 1.165) is 51.7 Å². The van der Waals surface area contributed by atoms with Crippen molar-refractivity contribution in [2.45, 2.75) is 57.7 Å². The van der Waals surface area contributed by atoms with Gasteiger partial charge in [0.05, 0.1) is 5.92 Å². The van der Waals surface area contributed by atoms with E-state index in [4.69, 9.17) is 5.73 Å². The van der Waals surface area contributed by atoms with Crippen LogP contribution in [0.25, 0.3) is 0 Å². The number of carbonyl (C=O) groups excluding carboxylic acids is 1. The van der Waals surface area contributed by atoms with Gasteiger partial charge >= 0.3 is 0 Å². The van der Waals surface area contributed by atoms with Crippen molar-refractivity contribution in [3.05, 3.63) is 35.4 Å². The van der Waals surface area contributed by atoms with Crippen LogP contribution in [0.2, 0.25) is 0 Å². The molecular weight excluding hydrogens is 286 g/mol. The van der Waals surface area contributed by atoms with Gasteiger partial charge in [0.25, 0.3) is 0 Å². The fourth-order valence-electron chi connectivity index (χ4n) is 3.89. The Morgan fingerprint density at radius 3 is 2.61 bits per heavy atom. The Morgan fingerprint density at radius 1 is 1.22 bits per heavy atom. The number of hydrogen-bond donors (Lipinski definition) is 2. The van der Waals surface area contributed by atoms with Crippen molar-refractivity contribution in [1.29, 1.82) is 0 Å². The van der Waals surface area contributed by atoms with Crippen molar-refractivity contribution >= 4 is 5.91 Å². The zero-order valence-electron chi connectivity index (χ0n) is 14.1. The molecule has 2 atom stereocenters. The summed E-state index contributed by atoms with van der Waals surface area (Å²) >= 11 is 0. The molecule has 1 saturated carbocycles. The molecule has 1 aliphatic heterocycles. The van der Waals surface area contributed by atoms with Crippen LogP contribution in [-0.4, -0.2) is 36.0 Å². The van der Waals surface area contributed by atoms with Gasteiger partial charge in [-0.05, 0) is 43.7 Å². The lowest BCUT2D eigenvalue weighted by molar-refractivity contribution is -0.126. The summed E-state index contributed by atoms with van der Waals surface area (Å²) in [7, 11) is 0. The van der Waals surface area contributed by atoms with E-state index in [1.54, 1.807) is 0 Å². The average Bonchev–Trinajstić information content (AvgIpc) is 2.98. The van der Waals surface area contributed by atoms with Crippen molar-refractivity contribution in [2.24, 2.45) is 11.7 Å². The molecule has 0 aromatic heterocycles. The second kappa shape index (κ2) is 7.45. The summed E-state index contributed by atoms with van der Waals surface area (Å²) in [5.74, 6) is 0.229. The molecule has 1 aliphatic carbocycles. The number of nitrogens with zero attached hydrogens (tertiary/aromatic N) is 1. The molecule has 4 nitrogen and oxygen atoms in total. The van der Waals surface area contributed by atoms with Crippen molar-refractivity contribution in [1.82, 2.24) is 10.2 Å². The van der Waals surface area contributed by atoms with Crippen LogP contribution >= 0.6 is 0 Å². The van der Waals surface area contributed by atoms with Crippen molar-refractivity contribution in [2.75, 3.05) is 13.1 Å². The number of likely N-dealkylation sites (tertiary alicyclic amines) is 1. The van der Waals surface area contributed by atoms with Gasteiger partial charge in [0.1, 0.15) is 0 Å². The highest BCUT2D eigenvalue weighted by atomic mass is 16.2. The zero-order valence-corrected chi connectivity index (χ0v) is 14.1. The molecule has 3 rings (SSSR count). The Hall–Kier alpha value is -1.39. The van der Waals surface area contributed by atoms with Gasteiger partial charge in [-0.2, -0.15) is 0 Å². The number of rotatable bonds is 4. The number of aryl methyl sites for hydroxylation is 1. The molecule has 0 radical (unpaired) electrons. The minimum atomic E-state index is 0.0417. The summed E-state index contributed by atoms with van der Waals surface area (Å²) in [6.45, 7) is 5.29. The first kappa shape index (κ1) is 16.5. The maximum absolute atomic E-state index is 12.3. The van der Waals surface area contributed by atoms with E-state index < -0.39 is 0 Å². The Morgan fingerprint density at radius 2 is 1.96 bits per heavy atom. The van der Waals surface area contributed by atoms with Crippen LogP contribution in [0.3, 0.4) is 0 Å². The fourth-order valence-corrected chi connectivity index (χ4v) is 3.89. The molecule has 1 heterocycles. The zero-order chi connectivity index (χ0) is 16.2. The summed E-state index contributed by atoms with van der Waals surface area (Å²) in [4.78, 5) is 14.8. The third kappa shape index (κ3) is 4.12. The monoisotopic (exact) mass is 315 g/mol. The summed E-state index contributed by atoms with van der Waals surface area (Å²) in [6.07, 6.45) is 5.12. The van der Waals surface area contributed by atoms with E-state index in [9.17, 15) is 4.79 Å². The Bertz CT molecular complexity index is 537. The van der Waals surface area contributed by atoms with Crippen LogP contribution in [0.1, 0.15) is 43.2 Å². The third-order valence-corrected chi connectivity index (χ3v) is 5.50. The van der Waals surface area contributed by atoms with E-state index in [1.807, 2.05) is 0 Å². The average molecular weight is 315 g/mol. The van der Waals surface area contributed by atoms with Gasteiger partial charge in [-0.25, -0.2) is 0 Å². The highest BCUT2D eigenvalue weighted by Crippen LogP contribution is 2.25. The van der Waals surface area contributed by atoms with Crippen molar-refractivity contribution in [3.8, 4) is 0 Å². The summed E-state index contributed by atoms with van der Waals surface area (Å²) < 4.78 is 0. The Balaban J connectivity index is 1.45. The molecule has 1 amide bonds. The number of hydrogen-bond acceptors (Lipinski definition) is 3. The quantitative estimate of drug-likeness (QED) is 0.895. The molecule has 1 aromatic carbocycles. The second-order valence-electron chi connectivity index (χ2n) is 7.19. The standard InChI is InChI=1S/C19H29N3O/c1-14-5-2-3-6-15(14)13-22-11-9-16(10-12-22)21-19(23)17-7-4-8-18(17)20/h2-3,5-6,16-18H,4,7-13,20H2,1H3,(H,21,23)/t17-,18+/m1/s1. The van der Waals surface area contributed by atoms with E-state index in [1.165, 1.54) is 11.1 Å². The van der Waals surface area contributed by atoms with Crippen LogP contribution < -0.4 is 11.1 Å². The van der Waals surface area contributed by atoms with Crippen molar-refractivity contribution in [3.63, 3.8) is 0 Å². The van der Waals surface area contributed by atoms with E-state index in [0.29, 0.717) is 6.04 Å². The normalized spacial score (nSPS) is 26.3. The number of amides is 1. The van der Waals surface area contributed by atoms with Gasteiger partial charge in [0, 0.05) is 31.7 Å². The van der Waals surface area contributed by atoms with Crippen LogP contribution in [0.4, 0.5) is 0 Å². The van der Waals surface area contributed by atoms with Gasteiger partial charge in [0.15, 0.2) is 0 Å². The predicted molar refractivity (Wildman–Crippen MR) is 92.9 cm³/mol. The molecule has 2 aliphatic rings. The van der Waals surface area contributed by atoms with Gasteiger partial charge in [-0.1, -0.05) is 30.7 Å². The topological polar surface area (TPSA) is 58.4 Å². The van der Waals surface area contributed by atoms with Crippen LogP contribution in [0.15, 0.2) is 24.3 Å². The van der Waals surface area contributed by atoms with E-state index >= 15 is 0 Å². The van der Waals surface area contributed by atoms with Crippen molar-refractivity contribution < 1.29 is 4.79 Å². The molecule has 1 saturated heterocycles. The molecule has 3 N–H and O–H groups in total. The Labute approximate surface area is 139 Å². The maximum Gasteiger partial charge on any atom is 0.224 e. The molecule has 0 bridgehead atoms. The summed E-state index contributed by atoms with van der Waals surface area (Å²) in [5.41, 5.74) is 8.81. The van der Waals surface area contributed by atoms with Gasteiger partial charge in [-0.3, -0.25) is 9.69 Å². The number of benzene rings is 1. The smallest absolute Gasteiger partial charge is 0.224 e. The molecule has 0 unspecified atom stereocenters. The molecule has 1 aromatic rings. The van der Waals surface area contributed by atoms with Gasteiger partial charge in [-0.15, -0.1) is 0 Å². The maximum atomic E-state index is 12.3. The first-order valence-corrected chi connectivity index (χ1v) is 8.96. The highest BCUT2D eigenvalue weighted by Gasteiger charge is 2.32. The van der Waals surface area contributed by atoms with Crippen LogP contribution in [0, 0.1) is 12.8 Å². The molecule has 126 valence electrons. The molecule has 23 heavy (non-hydrogen) atoms. The lowest BCUT2D eigenvalue weighted by Gasteiger charge is -2.33.